The van der Waals surface area contributed by atoms with Crippen molar-refractivity contribution in [2.75, 3.05) is 33.7 Å². The molecule has 4 aromatic rings. The van der Waals surface area contributed by atoms with Crippen LogP contribution in [0.2, 0.25) is 0 Å². The fourth-order valence-corrected chi connectivity index (χ4v) is 6.72. The fourth-order valence-electron chi connectivity index (χ4n) is 6.72. The molecule has 2 aliphatic rings. The number of anilines is 4. The molecular weight excluding hydrogens is 714 g/mol. The van der Waals surface area contributed by atoms with E-state index in [1.807, 2.05) is 0 Å². The molecule has 0 saturated heterocycles. The third-order valence-electron chi connectivity index (χ3n) is 10.6. The molecule has 0 aliphatic carbocycles. The summed E-state index contributed by atoms with van der Waals surface area (Å²) in [5.74, 6) is 0. The molecule has 4 aromatic carbocycles. The molecule has 2 aliphatic heterocycles. The Morgan fingerprint density at radius 1 is 0.447 bits per heavy atom. The van der Waals surface area contributed by atoms with Crippen molar-refractivity contribution in [3.63, 3.8) is 0 Å². The van der Waals surface area contributed by atoms with Crippen molar-refractivity contribution in [2.45, 2.75) is 82.3 Å². The molecule has 47 heavy (non-hydrogen) atoms. The second kappa shape index (κ2) is 15.7. The summed E-state index contributed by atoms with van der Waals surface area (Å²) in [6, 6.07) is 17.0. The van der Waals surface area contributed by atoms with Crippen LogP contribution in [-0.4, -0.2) is 14.1 Å². The SMILES string of the molecule is Cc1c(C)c(C)c(CN2[C]N(C)c3ccccc32)c(C)c1C.Cc1c(C)c(C)c(CN2[C]N(C)c3ccccc32)c(C)c1C.[Cl][Pd][Cl]. The van der Waals surface area contributed by atoms with Gasteiger partial charge in [0, 0.05) is 27.2 Å². The molecule has 0 saturated carbocycles. The molecule has 4 nitrogen and oxygen atoms in total. The van der Waals surface area contributed by atoms with Crippen molar-refractivity contribution >= 4 is 41.8 Å². The summed E-state index contributed by atoms with van der Waals surface area (Å²) >= 11 is -0.106. The Morgan fingerprint density at radius 2 is 0.681 bits per heavy atom. The third-order valence-corrected chi connectivity index (χ3v) is 10.6. The van der Waals surface area contributed by atoms with Gasteiger partial charge >= 0.3 is 35.0 Å². The van der Waals surface area contributed by atoms with Gasteiger partial charge in [0.15, 0.2) is 0 Å². The van der Waals surface area contributed by atoms with E-state index >= 15 is 0 Å². The Morgan fingerprint density at radius 3 is 0.957 bits per heavy atom. The van der Waals surface area contributed by atoms with Crippen LogP contribution in [0.1, 0.15) is 66.8 Å². The quantitative estimate of drug-likeness (QED) is 0.192. The van der Waals surface area contributed by atoms with Crippen LogP contribution < -0.4 is 19.6 Å². The van der Waals surface area contributed by atoms with Gasteiger partial charge in [-0.2, -0.15) is 0 Å². The van der Waals surface area contributed by atoms with Gasteiger partial charge in [-0.1, -0.05) is 24.3 Å². The van der Waals surface area contributed by atoms with Crippen molar-refractivity contribution in [1.82, 2.24) is 0 Å². The van der Waals surface area contributed by atoms with E-state index in [4.69, 9.17) is 19.1 Å². The summed E-state index contributed by atoms with van der Waals surface area (Å²) in [6.07, 6.45) is 0. The number of nitrogens with zero attached hydrogens (tertiary/aromatic N) is 4. The minimum absolute atomic E-state index is 0.106. The first-order valence-corrected chi connectivity index (χ1v) is 19.9. The summed E-state index contributed by atoms with van der Waals surface area (Å²) in [6.45, 7) is 31.0. The van der Waals surface area contributed by atoms with E-state index in [9.17, 15) is 0 Å². The topological polar surface area (TPSA) is 13.0 Å². The first-order chi connectivity index (χ1) is 22.2. The molecule has 0 N–H and O–H groups in total. The predicted octanol–water partition coefficient (Wildman–Crippen LogP) is 10.7. The summed E-state index contributed by atoms with van der Waals surface area (Å²) in [7, 11) is 13.7. The molecule has 2 heterocycles. The maximum absolute atomic E-state index is 4.81. The molecule has 252 valence electrons. The van der Waals surface area contributed by atoms with Crippen molar-refractivity contribution in [3.8, 4) is 0 Å². The zero-order chi connectivity index (χ0) is 34.7. The molecule has 0 spiro atoms. The van der Waals surface area contributed by atoms with E-state index in [-0.39, 0.29) is 15.9 Å². The molecule has 0 atom stereocenters. The standard InChI is InChI=1S/2C20H24N2.2ClH.Pd/c2*1-13-14(2)16(4)18(17(5)15(13)3)11-22-12-21(6)19-9-7-8-10-20(19)22;;;/h2*7-10H,11H2,1-6H3;2*1H;/q;;;;+2/p-2. The number of halogens is 2. The first kappa shape index (κ1) is 37.1. The molecule has 0 amide bonds. The average Bonchev–Trinajstić information content (AvgIpc) is 3.57. The molecule has 0 aromatic heterocycles. The number of para-hydroxylation sites is 4. The second-order valence-electron chi connectivity index (χ2n) is 12.7. The normalized spacial score (nSPS) is 13.3. The summed E-state index contributed by atoms with van der Waals surface area (Å²) in [4.78, 5) is 8.62. The summed E-state index contributed by atoms with van der Waals surface area (Å²) in [5.41, 5.74) is 21.9. The molecule has 0 bridgehead atoms. The molecule has 7 heteroatoms. The van der Waals surface area contributed by atoms with E-state index in [2.05, 4.69) is 165 Å². The maximum atomic E-state index is 4.81. The average molecular weight is 762 g/mol. The van der Waals surface area contributed by atoms with E-state index in [1.165, 1.54) is 89.5 Å². The molecular formula is C40H48Cl2N4Pd. The van der Waals surface area contributed by atoms with E-state index in [0.717, 1.165) is 13.1 Å². The summed E-state index contributed by atoms with van der Waals surface area (Å²) in [5, 5.41) is 0. The van der Waals surface area contributed by atoms with Gasteiger partial charge in [0.1, 0.15) is 0 Å². The van der Waals surface area contributed by atoms with E-state index in [0.29, 0.717) is 0 Å². The zero-order valence-corrected chi connectivity index (χ0v) is 33.0. The molecule has 0 unspecified atom stereocenters. The van der Waals surface area contributed by atoms with E-state index in [1.54, 1.807) is 0 Å². The minimum atomic E-state index is -0.106. The molecule has 6 rings (SSSR count). The zero-order valence-electron chi connectivity index (χ0n) is 29.9. The van der Waals surface area contributed by atoms with E-state index < -0.39 is 0 Å². The Hall–Kier alpha value is -2.68. The van der Waals surface area contributed by atoms with Gasteiger partial charge in [0.05, 0.1) is 22.7 Å². The second-order valence-corrected chi connectivity index (χ2v) is 15.1. The van der Waals surface area contributed by atoms with Crippen LogP contribution in [0, 0.1) is 82.6 Å². The molecule has 0 fully saturated rings. The number of rotatable bonds is 4. The summed E-state index contributed by atoms with van der Waals surface area (Å²) < 4.78 is 0. The van der Waals surface area contributed by atoms with Crippen molar-refractivity contribution < 1.29 is 15.9 Å². The Kier molecular flexibility index (Phi) is 12.4. The number of hydrogen-bond acceptors (Lipinski definition) is 4. The van der Waals surface area contributed by atoms with Crippen molar-refractivity contribution in [1.29, 1.82) is 0 Å². The van der Waals surface area contributed by atoms with Crippen LogP contribution in [0.4, 0.5) is 22.7 Å². The molecule has 4 radical (unpaired) electrons. The van der Waals surface area contributed by atoms with Crippen LogP contribution in [-0.2, 0) is 29.0 Å². The Labute approximate surface area is 300 Å². The van der Waals surface area contributed by atoms with Crippen LogP contribution >= 0.6 is 19.1 Å². The monoisotopic (exact) mass is 760 g/mol. The number of fused-ring (bicyclic) bond motifs is 2. The van der Waals surface area contributed by atoms with Crippen molar-refractivity contribution in [2.24, 2.45) is 0 Å². The van der Waals surface area contributed by atoms with Crippen LogP contribution in [0.25, 0.3) is 0 Å². The van der Waals surface area contributed by atoms with Crippen LogP contribution in [0.5, 0.6) is 0 Å². The van der Waals surface area contributed by atoms with Crippen LogP contribution in [0.15, 0.2) is 48.5 Å². The first-order valence-electron chi connectivity index (χ1n) is 15.9. The Balaban J connectivity index is 0.000000197. The van der Waals surface area contributed by atoms with Gasteiger partial charge in [0.2, 0.25) is 13.3 Å². The van der Waals surface area contributed by atoms with Gasteiger partial charge < -0.3 is 19.6 Å². The predicted molar refractivity (Wildman–Crippen MR) is 201 cm³/mol. The van der Waals surface area contributed by atoms with Gasteiger partial charge in [0.25, 0.3) is 0 Å². The van der Waals surface area contributed by atoms with Crippen LogP contribution in [0.3, 0.4) is 0 Å². The third kappa shape index (κ3) is 7.50. The van der Waals surface area contributed by atoms with Crippen molar-refractivity contribution in [3.05, 3.63) is 129 Å². The Bertz CT molecular complexity index is 1570. The van der Waals surface area contributed by atoms with Gasteiger partial charge in [-0.25, -0.2) is 0 Å². The van der Waals surface area contributed by atoms with Gasteiger partial charge in [-0.05, 0) is 160 Å². The number of benzene rings is 4. The number of hydrogen-bond donors (Lipinski definition) is 0. The van der Waals surface area contributed by atoms with Gasteiger partial charge in [-0.3, -0.25) is 0 Å². The van der Waals surface area contributed by atoms with Gasteiger partial charge in [-0.15, -0.1) is 0 Å². The fraction of sp³-hybridized carbons (Fsp3) is 0.350.